The van der Waals surface area contributed by atoms with Crippen molar-refractivity contribution in [2.45, 2.75) is 32.2 Å². The van der Waals surface area contributed by atoms with Crippen LogP contribution < -0.4 is 9.47 Å². The van der Waals surface area contributed by atoms with Gasteiger partial charge in [0.2, 0.25) is 5.88 Å². The zero-order chi connectivity index (χ0) is 20.2. The van der Waals surface area contributed by atoms with Gasteiger partial charge in [0.05, 0.1) is 13.2 Å². The van der Waals surface area contributed by atoms with Gasteiger partial charge < -0.3 is 14.4 Å². The molecular weight excluding hydrogens is 370 g/mol. The summed E-state index contributed by atoms with van der Waals surface area (Å²) in [6.07, 6.45) is 4.35. The number of carbonyl (C=O) groups excluding carboxylic acids is 1. The fourth-order valence-corrected chi connectivity index (χ4v) is 3.52. The van der Waals surface area contributed by atoms with Crippen molar-refractivity contribution in [3.8, 4) is 17.4 Å². The smallest absolute Gasteiger partial charge is 0.272 e. The number of benzene rings is 1. The summed E-state index contributed by atoms with van der Waals surface area (Å²) in [5.74, 6) is 2.28. The standard InChI is InChI=1S/C21H23N5O3/c1-14-12-19(29-16-7-5-6-15(13-16)28-2)24-20(23-14)18-8-3-4-11-26(18)21(27)17-9-10-22-25-17/h5-7,9-10,12-13,18H,3-4,8,11H2,1-2H3,(H,22,25). The van der Waals surface area contributed by atoms with Crippen molar-refractivity contribution in [3.05, 3.63) is 59.8 Å². The number of nitrogens with zero attached hydrogens (tertiary/aromatic N) is 4. The Morgan fingerprint density at radius 3 is 2.83 bits per heavy atom. The molecule has 0 saturated carbocycles. The number of hydrogen-bond acceptors (Lipinski definition) is 6. The number of likely N-dealkylation sites (tertiary alicyclic amines) is 1. The van der Waals surface area contributed by atoms with E-state index >= 15 is 0 Å². The molecule has 1 atom stereocenters. The molecule has 3 heterocycles. The summed E-state index contributed by atoms with van der Waals surface area (Å²) in [6.45, 7) is 2.55. The molecule has 1 aliphatic rings. The summed E-state index contributed by atoms with van der Waals surface area (Å²) in [4.78, 5) is 24.0. The van der Waals surface area contributed by atoms with Crippen LogP contribution >= 0.6 is 0 Å². The van der Waals surface area contributed by atoms with E-state index in [0.717, 1.165) is 25.0 Å². The zero-order valence-corrected chi connectivity index (χ0v) is 16.5. The molecule has 2 aromatic heterocycles. The van der Waals surface area contributed by atoms with E-state index in [2.05, 4.69) is 20.2 Å². The molecule has 4 rings (SSSR count). The Morgan fingerprint density at radius 2 is 2.03 bits per heavy atom. The van der Waals surface area contributed by atoms with Crippen molar-refractivity contribution in [1.82, 2.24) is 25.1 Å². The maximum atomic E-state index is 12.9. The van der Waals surface area contributed by atoms with Crippen molar-refractivity contribution >= 4 is 5.91 Å². The third-order valence-corrected chi connectivity index (χ3v) is 4.90. The number of aromatic amines is 1. The number of methoxy groups -OCH3 is 1. The Bertz CT molecular complexity index is 990. The third kappa shape index (κ3) is 4.21. The molecule has 0 aliphatic carbocycles. The van der Waals surface area contributed by atoms with Crippen LogP contribution in [0.5, 0.6) is 17.4 Å². The van der Waals surface area contributed by atoms with Gasteiger partial charge >= 0.3 is 0 Å². The topological polar surface area (TPSA) is 93.2 Å². The van der Waals surface area contributed by atoms with E-state index < -0.39 is 0 Å². The number of H-pyrrole nitrogens is 1. The number of carbonyl (C=O) groups is 1. The van der Waals surface area contributed by atoms with E-state index in [1.165, 1.54) is 0 Å². The largest absolute Gasteiger partial charge is 0.497 e. The second kappa shape index (κ2) is 8.30. The molecule has 1 fully saturated rings. The van der Waals surface area contributed by atoms with Gasteiger partial charge in [-0.05, 0) is 44.4 Å². The van der Waals surface area contributed by atoms with E-state index in [1.807, 2.05) is 30.0 Å². The number of hydrogen-bond donors (Lipinski definition) is 1. The first kappa shape index (κ1) is 18.9. The predicted octanol–water partition coefficient (Wildman–Crippen LogP) is 3.68. The molecule has 1 saturated heterocycles. The first-order valence-electron chi connectivity index (χ1n) is 9.62. The highest BCUT2D eigenvalue weighted by Crippen LogP contribution is 2.32. The van der Waals surface area contributed by atoms with Crippen LogP contribution in [0.3, 0.4) is 0 Å². The van der Waals surface area contributed by atoms with Gasteiger partial charge in [-0.2, -0.15) is 10.1 Å². The molecule has 0 bridgehead atoms. The molecule has 1 amide bonds. The van der Waals surface area contributed by atoms with Crippen LogP contribution in [-0.2, 0) is 0 Å². The summed E-state index contributed by atoms with van der Waals surface area (Å²) in [5, 5.41) is 6.64. The minimum atomic E-state index is -0.202. The highest BCUT2D eigenvalue weighted by molar-refractivity contribution is 5.92. The van der Waals surface area contributed by atoms with Crippen LogP contribution in [0, 0.1) is 6.92 Å². The molecule has 0 radical (unpaired) electrons. The quantitative estimate of drug-likeness (QED) is 0.711. The minimum Gasteiger partial charge on any atom is -0.497 e. The lowest BCUT2D eigenvalue weighted by molar-refractivity contribution is 0.0592. The van der Waals surface area contributed by atoms with Gasteiger partial charge in [-0.15, -0.1) is 0 Å². The number of aromatic nitrogens is 4. The number of rotatable bonds is 5. The summed E-state index contributed by atoms with van der Waals surface area (Å²) in [5.41, 5.74) is 1.25. The molecule has 8 nitrogen and oxygen atoms in total. The van der Waals surface area contributed by atoms with Gasteiger partial charge in [0.15, 0.2) is 5.82 Å². The molecule has 3 aromatic rings. The lowest BCUT2D eigenvalue weighted by Gasteiger charge is -2.34. The Balaban J connectivity index is 1.62. The molecule has 1 N–H and O–H groups in total. The van der Waals surface area contributed by atoms with Crippen LogP contribution in [0.1, 0.15) is 47.3 Å². The SMILES string of the molecule is COc1cccc(Oc2cc(C)nc(C3CCCCN3C(=O)c3ccn[nH]3)n2)c1. The second-order valence-electron chi connectivity index (χ2n) is 6.97. The fraction of sp³-hybridized carbons (Fsp3) is 0.333. The minimum absolute atomic E-state index is 0.0902. The van der Waals surface area contributed by atoms with Crippen molar-refractivity contribution in [1.29, 1.82) is 0 Å². The van der Waals surface area contributed by atoms with Gasteiger partial charge in [-0.25, -0.2) is 4.98 Å². The Kier molecular flexibility index (Phi) is 5.41. The molecular formula is C21H23N5O3. The Labute approximate surface area is 168 Å². The van der Waals surface area contributed by atoms with Crippen molar-refractivity contribution < 1.29 is 14.3 Å². The van der Waals surface area contributed by atoms with Crippen molar-refractivity contribution in [3.63, 3.8) is 0 Å². The maximum Gasteiger partial charge on any atom is 0.272 e. The maximum absolute atomic E-state index is 12.9. The van der Waals surface area contributed by atoms with E-state index in [0.29, 0.717) is 35.4 Å². The van der Waals surface area contributed by atoms with Gasteiger partial charge in [-0.1, -0.05) is 6.07 Å². The monoisotopic (exact) mass is 393 g/mol. The number of piperidine rings is 1. The number of aryl methyl sites for hydroxylation is 1. The zero-order valence-electron chi connectivity index (χ0n) is 16.5. The van der Waals surface area contributed by atoms with Crippen LogP contribution in [0.2, 0.25) is 0 Å². The van der Waals surface area contributed by atoms with Crippen LogP contribution in [0.25, 0.3) is 0 Å². The average molecular weight is 393 g/mol. The number of amides is 1. The average Bonchev–Trinajstić information content (AvgIpc) is 3.28. The van der Waals surface area contributed by atoms with Gasteiger partial charge in [0.25, 0.3) is 5.91 Å². The van der Waals surface area contributed by atoms with E-state index in [9.17, 15) is 4.79 Å². The number of nitrogens with one attached hydrogen (secondary N) is 1. The number of ether oxygens (including phenoxy) is 2. The van der Waals surface area contributed by atoms with E-state index in [-0.39, 0.29) is 11.9 Å². The first-order chi connectivity index (χ1) is 14.1. The fourth-order valence-electron chi connectivity index (χ4n) is 3.52. The van der Waals surface area contributed by atoms with Gasteiger partial charge in [0.1, 0.15) is 17.2 Å². The highest BCUT2D eigenvalue weighted by atomic mass is 16.5. The summed E-state index contributed by atoms with van der Waals surface area (Å²) in [7, 11) is 1.61. The van der Waals surface area contributed by atoms with Crippen LogP contribution in [0.4, 0.5) is 0 Å². The van der Waals surface area contributed by atoms with E-state index in [1.54, 1.807) is 31.5 Å². The molecule has 0 spiro atoms. The Morgan fingerprint density at radius 1 is 1.17 bits per heavy atom. The Hall–Kier alpha value is -3.42. The van der Waals surface area contributed by atoms with Crippen LogP contribution in [-0.4, -0.2) is 44.6 Å². The predicted molar refractivity (Wildman–Crippen MR) is 106 cm³/mol. The van der Waals surface area contributed by atoms with Crippen molar-refractivity contribution in [2.24, 2.45) is 0 Å². The molecule has 8 heteroatoms. The summed E-state index contributed by atoms with van der Waals surface area (Å²) >= 11 is 0. The van der Waals surface area contributed by atoms with Gasteiger partial charge in [0, 0.05) is 30.6 Å². The lowest BCUT2D eigenvalue weighted by Crippen LogP contribution is -2.39. The summed E-state index contributed by atoms with van der Waals surface area (Å²) in [6, 6.07) is 10.6. The molecule has 1 aromatic carbocycles. The molecule has 1 aliphatic heterocycles. The van der Waals surface area contributed by atoms with Crippen molar-refractivity contribution in [2.75, 3.05) is 13.7 Å². The first-order valence-corrected chi connectivity index (χ1v) is 9.62. The van der Waals surface area contributed by atoms with E-state index in [4.69, 9.17) is 9.47 Å². The molecule has 29 heavy (non-hydrogen) atoms. The van der Waals surface area contributed by atoms with Gasteiger partial charge in [-0.3, -0.25) is 9.89 Å². The summed E-state index contributed by atoms with van der Waals surface area (Å²) < 4.78 is 11.2. The second-order valence-corrected chi connectivity index (χ2v) is 6.97. The third-order valence-electron chi connectivity index (χ3n) is 4.90. The normalized spacial score (nSPS) is 16.5. The lowest BCUT2D eigenvalue weighted by atomic mass is 10.0. The molecule has 150 valence electrons. The molecule has 1 unspecified atom stereocenters. The highest BCUT2D eigenvalue weighted by Gasteiger charge is 2.31. The van der Waals surface area contributed by atoms with Crippen LogP contribution in [0.15, 0.2) is 42.6 Å².